The third kappa shape index (κ3) is 2.53. The van der Waals surface area contributed by atoms with Crippen LogP contribution in [0.4, 0.5) is 0 Å². The molecule has 0 N–H and O–H groups in total. The number of Topliss-reactive ketones (excluding diaryl/α,β-unsaturated/α-hetero) is 1. The second-order valence-corrected chi connectivity index (χ2v) is 3.69. The van der Waals surface area contributed by atoms with Crippen molar-refractivity contribution in [3.8, 4) is 0 Å². The summed E-state index contributed by atoms with van der Waals surface area (Å²) < 4.78 is 5.45. The first-order valence-corrected chi connectivity index (χ1v) is 4.80. The minimum Gasteiger partial charge on any atom is -0.377 e. The van der Waals surface area contributed by atoms with Crippen LogP contribution in [0.3, 0.4) is 0 Å². The molecule has 1 rings (SSSR count). The third-order valence-electron chi connectivity index (χ3n) is 1.53. The highest BCUT2D eigenvalue weighted by Crippen LogP contribution is 2.26. The van der Waals surface area contributed by atoms with E-state index >= 15 is 0 Å². The fraction of sp³-hybridized carbons (Fsp3) is 0.222. The van der Waals surface area contributed by atoms with Gasteiger partial charge in [-0.25, -0.2) is 0 Å². The third-order valence-corrected chi connectivity index (χ3v) is 2.82. The van der Waals surface area contributed by atoms with Crippen LogP contribution in [0.15, 0.2) is 22.7 Å². The summed E-state index contributed by atoms with van der Waals surface area (Å²) in [6, 6.07) is 5.22. The van der Waals surface area contributed by atoms with E-state index in [0.29, 0.717) is 10.6 Å². The molecule has 2 nitrogen and oxygen atoms in total. The first-order chi connectivity index (χ1) is 6.16. The number of ether oxygens (including phenoxy) is 1. The molecule has 0 unspecified atom stereocenters. The zero-order valence-corrected chi connectivity index (χ0v) is 9.35. The predicted molar refractivity (Wildman–Crippen MR) is 55.4 cm³/mol. The molecule has 0 aromatic heterocycles. The van der Waals surface area contributed by atoms with E-state index in [-0.39, 0.29) is 12.4 Å². The van der Waals surface area contributed by atoms with Crippen molar-refractivity contribution in [3.05, 3.63) is 33.3 Å². The van der Waals surface area contributed by atoms with Crippen LogP contribution in [-0.2, 0) is 4.74 Å². The van der Waals surface area contributed by atoms with Gasteiger partial charge in [0.05, 0.1) is 5.02 Å². The number of rotatable bonds is 3. The molecule has 0 spiro atoms. The second kappa shape index (κ2) is 4.74. The molecule has 0 aliphatic rings. The molecule has 0 atom stereocenters. The first kappa shape index (κ1) is 10.7. The van der Waals surface area contributed by atoms with Crippen LogP contribution in [0.2, 0.25) is 5.02 Å². The number of ketones is 1. The standard InChI is InChI=1S/C9H8BrClO2/c1-13-5-8(12)6-3-2-4-7(10)9(6)11/h2-4H,5H2,1H3. The number of hydrogen-bond donors (Lipinski definition) is 0. The highest BCUT2D eigenvalue weighted by Gasteiger charge is 2.11. The Balaban J connectivity index is 3.01. The molecule has 4 heteroatoms. The fourth-order valence-corrected chi connectivity index (χ4v) is 1.53. The zero-order chi connectivity index (χ0) is 9.84. The molecular formula is C9H8BrClO2. The van der Waals surface area contributed by atoms with E-state index in [2.05, 4.69) is 15.9 Å². The maximum absolute atomic E-state index is 11.4. The van der Waals surface area contributed by atoms with Crippen molar-refractivity contribution in [2.24, 2.45) is 0 Å². The van der Waals surface area contributed by atoms with Crippen LogP contribution in [0.1, 0.15) is 10.4 Å². The Morgan fingerprint density at radius 1 is 1.62 bits per heavy atom. The van der Waals surface area contributed by atoms with E-state index < -0.39 is 0 Å². The molecule has 0 aliphatic carbocycles. The monoisotopic (exact) mass is 262 g/mol. The van der Waals surface area contributed by atoms with E-state index in [9.17, 15) is 4.79 Å². The fourth-order valence-electron chi connectivity index (χ4n) is 0.928. The van der Waals surface area contributed by atoms with Crippen molar-refractivity contribution >= 4 is 33.3 Å². The first-order valence-electron chi connectivity index (χ1n) is 3.63. The van der Waals surface area contributed by atoms with Gasteiger partial charge in [-0.3, -0.25) is 4.79 Å². The Bertz CT molecular complexity index is 325. The molecular weight excluding hydrogens is 255 g/mol. The van der Waals surface area contributed by atoms with Gasteiger partial charge in [0, 0.05) is 17.1 Å². The molecule has 0 aliphatic heterocycles. The highest BCUT2D eigenvalue weighted by atomic mass is 79.9. The van der Waals surface area contributed by atoms with Crippen molar-refractivity contribution < 1.29 is 9.53 Å². The molecule has 0 amide bonds. The quantitative estimate of drug-likeness (QED) is 0.784. The Kier molecular flexibility index (Phi) is 3.90. The largest absolute Gasteiger partial charge is 0.377 e. The van der Waals surface area contributed by atoms with Crippen LogP contribution in [0, 0.1) is 0 Å². The number of methoxy groups -OCH3 is 1. The van der Waals surface area contributed by atoms with Crippen molar-refractivity contribution in [1.29, 1.82) is 0 Å². The van der Waals surface area contributed by atoms with Crippen LogP contribution in [0.25, 0.3) is 0 Å². The smallest absolute Gasteiger partial charge is 0.189 e. The van der Waals surface area contributed by atoms with Crippen LogP contribution in [0.5, 0.6) is 0 Å². The van der Waals surface area contributed by atoms with Crippen molar-refractivity contribution in [1.82, 2.24) is 0 Å². The van der Waals surface area contributed by atoms with E-state index in [1.807, 2.05) is 0 Å². The number of halogens is 2. The maximum Gasteiger partial charge on any atom is 0.189 e. The van der Waals surface area contributed by atoms with Crippen molar-refractivity contribution in [2.75, 3.05) is 13.7 Å². The van der Waals surface area contributed by atoms with Gasteiger partial charge in [0.1, 0.15) is 6.61 Å². The van der Waals surface area contributed by atoms with E-state index in [4.69, 9.17) is 16.3 Å². The molecule has 0 saturated carbocycles. The number of benzene rings is 1. The summed E-state index contributed by atoms with van der Waals surface area (Å²) in [6.07, 6.45) is 0. The van der Waals surface area contributed by atoms with Crippen LogP contribution in [-0.4, -0.2) is 19.5 Å². The second-order valence-electron chi connectivity index (χ2n) is 2.46. The van der Waals surface area contributed by atoms with E-state index in [1.54, 1.807) is 18.2 Å². The minimum atomic E-state index is -0.117. The predicted octanol–water partition coefficient (Wildman–Crippen LogP) is 2.93. The highest BCUT2D eigenvalue weighted by molar-refractivity contribution is 9.10. The average Bonchev–Trinajstić information content (AvgIpc) is 2.10. The van der Waals surface area contributed by atoms with Gasteiger partial charge in [-0.15, -0.1) is 0 Å². The van der Waals surface area contributed by atoms with Gasteiger partial charge in [-0.1, -0.05) is 17.7 Å². The van der Waals surface area contributed by atoms with Gasteiger partial charge in [0.15, 0.2) is 5.78 Å². The van der Waals surface area contributed by atoms with Gasteiger partial charge >= 0.3 is 0 Å². The number of carbonyl (C=O) groups excluding carboxylic acids is 1. The molecule has 1 aromatic rings. The van der Waals surface area contributed by atoms with Gasteiger partial charge in [0.25, 0.3) is 0 Å². The summed E-state index contributed by atoms with van der Waals surface area (Å²) in [7, 11) is 1.48. The lowest BCUT2D eigenvalue weighted by Crippen LogP contribution is -2.07. The summed E-state index contributed by atoms with van der Waals surface area (Å²) in [4.78, 5) is 11.4. The molecule has 0 fully saturated rings. The Hall–Kier alpha value is -0.380. The van der Waals surface area contributed by atoms with Crippen LogP contribution < -0.4 is 0 Å². The molecule has 70 valence electrons. The lowest BCUT2D eigenvalue weighted by molar-refractivity contribution is 0.0848. The van der Waals surface area contributed by atoms with Gasteiger partial charge in [-0.2, -0.15) is 0 Å². The van der Waals surface area contributed by atoms with Crippen molar-refractivity contribution in [2.45, 2.75) is 0 Å². The Labute approximate surface area is 90.0 Å². The molecule has 1 aromatic carbocycles. The average molecular weight is 264 g/mol. The van der Waals surface area contributed by atoms with E-state index in [0.717, 1.165) is 4.47 Å². The minimum absolute atomic E-state index is 0.0518. The summed E-state index contributed by atoms with van der Waals surface area (Å²) in [6.45, 7) is 0.0518. The summed E-state index contributed by atoms with van der Waals surface area (Å²) in [5.74, 6) is -0.117. The molecule has 0 radical (unpaired) electrons. The van der Waals surface area contributed by atoms with E-state index in [1.165, 1.54) is 7.11 Å². The lowest BCUT2D eigenvalue weighted by Gasteiger charge is -2.03. The number of hydrogen-bond acceptors (Lipinski definition) is 2. The molecule has 13 heavy (non-hydrogen) atoms. The Morgan fingerprint density at radius 2 is 2.31 bits per heavy atom. The summed E-state index contributed by atoms with van der Waals surface area (Å²) in [5.41, 5.74) is 0.484. The SMILES string of the molecule is COCC(=O)c1cccc(Br)c1Cl. The van der Waals surface area contributed by atoms with Gasteiger partial charge in [0.2, 0.25) is 0 Å². The van der Waals surface area contributed by atoms with Crippen LogP contribution >= 0.6 is 27.5 Å². The summed E-state index contributed by atoms with van der Waals surface area (Å²) in [5, 5.41) is 0.435. The normalized spacial score (nSPS) is 10.1. The lowest BCUT2D eigenvalue weighted by atomic mass is 10.1. The maximum atomic E-state index is 11.4. The van der Waals surface area contributed by atoms with Gasteiger partial charge < -0.3 is 4.74 Å². The molecule has 0 heterocycles. The Morgan fingerprint density at radius 3 is 2.92 bits per heavy atom. The zero-order valence-electron chi connectivity index (χ0n) is 7.01. The summed E-state index contributed by atoms with van der Waals surface area (Å²) >= 11 is 9.14. The topological polar surface area (TPSA) is 26.3 Å². The van der Waals surface area contributed by atoms with Crippen molar-refractivity contribution in [3.63, 3.8) is 0 Å². The molecule has 0 bridgehead atoms. The molecule has 0 saturated heterocycles. The number of carbonyl (C=O) groups is 1. The van der Waals surface area contributed by atoms with Gasteiger partial charge in [-0.05, 0) is 28.1 Å².